The van der Waals surface area contributed by atoms with E-state index in [-0.39, 0.29) is 16.3 Å². The van der Waals surface area contributed by atoms with Gasteiger partial charge in [0.25, 0.3) is 11.5 Å². The number of nitrogen functional groups attached to an aromatic ring is 1. The molecule has 1 amide bonds. The van der Waals surface area contributed by atoms with Gasteiger partial charge in [0.05, 0.1) is 16.9 Å². The average molecular weight is 476 g/mol. The van der Waals surface area contributed by atoms with Crippen LogP contribution in [0.1, 0.15) is 16.8 Å². The van der Waals surface area contributed by atoms with E-state index in [4.69, 9.17) is 17.4 Å². The largest absolute Gasteiger partial charge is 0.354 e. The number of hydrogen-bond acceptors (Lipinski definition) is 8. The van der Waals surface area contributed by atoms with Crippen LogP contribution >= 0.6 is 11.6 Å². The molecule has 1 fully saturated rings. The van der Waals surface area contributed by atoms with Crippen molar-refractivity contribution in [3.05, 3.63) is 50.0 Å². The molecule has 33 heavy (non-hydrogen) atoms. The Hall–Kier alpha value is -3.22. The fourth-order valence-corrected chi connectivity index (χ4v) is 4.27. The van der Waals surface area contributed by atoms with E-state index in [0.29, 0.717) is 29.1 Å². The molecule has 0 unspecified atom stereocenters. The fourth-order valence-electron chi connectivity index (χ4n) is 4.08. The molecule has 176 valence electrons. The Morgan fingerprint density at radius 2 is 1.85 bits per heavy atom. The molecule has 0 atom stereocenters. The number of aryl methyl sites for hydroxylation is 2. The predicted molar refractivity (Wildman–Crippen MR) is 124 cm³/mol. The highest BCUT2D eigenvalue weighted by molar-refractivity contribution is 6.33. The number of fused-ring (bicyclic) bond motifs is 1. The van der Waals surface area contributed by atoms with Crippen molar-refractivity contribution in [3.63, 3.8) is 0 Å². The van der Waals surface area contributed by atoms with Crippen molar-refractivity contribution in [2.75, 3.05) is 37.6 Å². The van der Waals surface area contributed by atoms with Crippen LogP contribution in [-0.2, 0) is 20.6 Å². The van der Waals surface area contributed by atoms with E-state index < -0.39 is 5.91 Å². The minimum atomic E-state index is -0.454. The summed E-state index contributed by atoms with van der Waals surface area (Å²) in [5.41, 5.74) is 2.50. The molecule has 1 saturated heterocycles. The Kier molecular flexibility index (Phi) is 6.49. The molecule has 0 saturated carbocycles. The molecule has 4 rings (SSSR count). The first-order valence-corrected chi connectivity index (χ1v) is 10.9. The number of pyridine rings is 1. The molecule has 0 spiro atoms. The zero-order valence-corrected chi connectivity index (χ0v) is 19.2. The number of piperazine rings is 1. The summed E-state index contributed by atoms with van der Waals surface area (Å²) < 4.78 is 4.31. The van der Waals surface area contributed by atoms with Crippen LogP contribution in [-0.4, -0.2) is 67.2 Å². The number of hydrogen-bond donors (Lipinski definition) is 2. The number of nitrogens with two attached hydrogens (primary N) is 1. The third-order valence-electron chi connectivity index (χ3n) is 6.00. The first-order chi connectivity index (χ1) is 15.8. The van der Waals surface area contributed by atoms with E-state index in [1.165, 1.54) is 17.8 Å². The second-order valence-electron chi connectivity index (χ2n) is 7.99. The molecule has 3 aromatic heterocycles. The van der Waals surface area contributed by atoms with Crippen molar-refractivity contribution >= 4 is 34.5 Å². The van der Waals surface area contributed by atoms with Crippen molar-refractivity contribution < 1.29 is 4.79 Å². The second-order valence-corrected chi connectivity index (χ2v) is 8.40. The topological polar surface area (TPSA) is 136 Å². The summed E-state index contributed by atoms with van der Waals surface area (Å²) in [4.78, 5) is 49.6. The smallest absolute Gasteiger partial charge is 0.332 e. The molecule has 0 bridgehead atoms. The SMILES string of the molecule is Cn1c(=O)c2c(ncn2CCCN2CCN(c3cc(C(=O)NN)c(Cl)cn3)CC2)n(C)c1=O. The van der Waals surface area contributed by atoms with E-state index in [9.17, 15) is 14.4 Å². The lowest BCUT2D eigenvalue weighted by Gasteiger charge is -2.35. The van der Waals surface area contributed by atoms with Gasteiger partial charge in [0.1, 0.15) is 5.82 Å². The van der Waals surface area contributed by atoms with Gasteiger partial charge in [0, 0.05) is 53.0 Å². The lowest BCUT2D eigenvalue weighted by atomic mass is 10.2. The molecule has 13 heteroatoms. The van der Waals surface area contributed by atoms with Crippen molar-refractivity contribution in [2.45, 2.75) is 13.0 Å². The molecule has 0 radical (unpaired) electrons. The summed E-state index contributed by atoms with van der Waals surface area (Å²) >= 11 is 6.05. The van der Waals surface area contributed by atoms with Crippen molar-refractivity contribution in [1.29, 1.82) is 0 Å². The van der Waals surface area contributed by atoms with Crippen LogP contribution in [0.2, 0.25) is 5.02 Å². The van der Waals surface area contributed by atoms with E-state index in [1.807, 2.05) is 4.57 Å². The Morgan fingerprint density at radius 1 is 1.12 bits per heavy atom. The molecule has 0 aliphatic carbocycles. The number of imidazole rings is 1. The number of rotatable bonds is 6. The zero-order chi connectivity index (χ0) is 23.7. The van der Waals surface area contributed by atoms with Crippen molar-refractivity contribution in [3.8, 4) is 0 Å². The van der Waals surface area contributed by atoms with Crippen LogP contribution in [0.4, 0.5) is 5.82 Å². The fraction of sp³-hybridized carbons (Fsp3) is 0.450. The Bertz CT molecular complexity index is 1300. The number of anilines is 1. The third-order valence-corrected chi connectivity index (χ3v) is 6.30. The summed E-state index contributed by atoms with van der Waals surface area (Å²) in [5.74, 6) is 5.45. The second kappa shape index (κ2) is 9.33. The maximum Gasteiger partial charge on any atom is 0.332 e. The maximum absolute atomic E-state index is 12.6. The number of halogens is 1. The Balaban J connectivity index is 1.35. The highest BCUT2D eigenvalue weighted by Gasteiger charge is 2.20. The van der Waals surface area contributed by atoms with Gasteiger partial charge in [-0.3, -0.25) is 29.0 Å². The molecule has 3 aromatic rings. The number of aromatic nitrogens is 5. The normalized spacial score (nSPS) is 14.7. The minimum Gasteiger partial charge on any atom is -0.354 e. The molecular weight excluding hydrogens is 450 g/mol. The van der Waals surface area contributed by atoms with Crippen LogP contribution in [0.5, 0.6) is 0 Å². The van der Waals surface area contributed by atoms with Gasteiger partial charge in [-0.25, -0.2) is 20.6 Å². The molecule has 4 heterocycles. The average Bonchev–Trinajstić information content (AvgIpc) is 3.26. The summed E-state index contributed by atoms with van der Waals surface area (Å²) in [7, 11) is 3.09. The van der Waals surface area contributed by atoms with Gasteiger partial charge in [-0.15, -0.1) is 0 Å². The summed E-state index contributed by atoms with van der Waals surface area (Å²) in [5, 5.41) is 0.252. The molecule has 1 aliphatic rings. The van der Waals surface area contributed by atoms with Gasteiger partial charge in [-0.2, -0.15) is 0 Å². The molecular formula is C20H26ClN9O3. The highest BCUT2D eigenvalue weighted by atomic mass is 35.5. The predicted octanol–water partition coefficient (Wildman–Crippen LogP) is -0.702. The van der Waals surface area contributed by atoms with E-state index in [2.05, 4.69) is 25.2 Å². The standard InChI is InChI=1S/C20H26ClN9O3/c1-26-17-16(19(32)27(2)20(26)33)30(12-24-17)5-3-4-28-6-8-29(9-7-28)15-10-13(18(31)25-22)14(21)11-23-15/h10-12H,3-9,22H2,1-2H3,(H,25,31). The number of carbonyl (C=O) groups is 1. The molecule has 12 nitrogen and oxygen atoms in total. The minimum absolute atomic E-state index is 0.252. The van der Waals surface area contributed by atoms with Crippen LogP contribution < -0.4 is 27.4 Å². The van der Waals surface area contributed by atoms with Gasteiger partial charge in [0.2, 0.25) is 0 Å². The van der Waals surface area contributed by atoms with E-state index in [1.54, 1.807) is 19.4 Å². The van der Waals surface area contributed by atoms with Crippen LogP contribution in [0.3, 0.4) is 0 Å². The van der Waals surface area contributed by atoms with Gasteiger partial charge in [-0.1, -0.05) is 11.6 Å². The molecule has 3 N–H and O–H groups in total. The first-order valence-electron chi connectivity index (χ1n) is 10.6. The lowest BCUT2D eigenvalue weighted by Crippen LogP contribution is -2.47. The summed E-state index contributed by atoms with van der Waals surface area (Å²) in [6.45, 7) is 4.67. The lowest BCUT2D eigenvalue weighted by molar-refractivity contribution is 0.0953. The van der Waals surface area contributed by atoms with Gasteiger partial charge in [-0.05, 0) is 19.0 Å². The van der Waals surface area contributed by atoms with Crippen molar-refractivity contribution in [1.82, 2.24) is 34.0 Å². The number of nitrogens with zero attached hydrogens (tertiary/aromatic N) is 7. The third kappa shape index (κ3) is 4.36. The number of nitrogens with one attached hydrogen (secondary N) is 1. The monoisotopic (exact) mass is 475 g/mol. The summed E-state index contributed by atoms with van der Waals surface area (Å²) in [6, 6.07) is 1.65. The summed E-state index contributed by atoms with van der Waals surface area (Å²) in [6.07, 6.45) is 3.91. The van der Waals surface area contributed by atoms with Gasteiger partial charge in [0.15, 0.2) is 11.2 Å². The first kappa shape index (κ1) is 23.0. The van der Waals surface area contributed by atoms with Crippen LogP contribution in [0.15, 0.2) is 28.2 Å². The quantitative estimate of drug-likeness (QED) is 0.271. The molecule has 0 aromatic carbocycles. The Labute approximate surface area is 194 Å². The molecule has 1 aliphatic heterocycles. The van der Waals surface area contributed by atoms with Crippen LogP contribution in [0.25, 0.3) is 11.2 Å². The van der Waals surface area contributed by atoms with Crippen molar-refractivity contribution in [2.24, 2.45) is 19.9 Å². The number of hydrazine groups is 1. The van der Waals surface area contributed by atoms with E-state index >= 15 is 0 Å². The zero-order valence-electron chi connectivity index (χ0n) is 18.5. The number of amides is 1. The maximum atomic E-state index is 12.6. The highest BCUT2D eigenvalue weighted by Crippen LogP contribution is 2.21. The van der Waals surface area contributed by atoms with Gasteiger partial charge < -0.3 is 9.47 Å². The Morgan fingerprint density at radius 3 is 2.55 bits per heavy atom. The number of carbonyl (C=O) groups excluding carboxylic acids is 1. The van der Waals surface area contributed by atoms with Gasteiger partial charge >= 0.3 is 5.69 Å². The van der Waals surface area contributed by atoms with Crippen LogP contribution in [0, 0.1) is 0 Å². The van der Waals surface area contributed by atoms with E-state index in [0.717, 1.165) is 43.7 Å².